The van der Waals surface area contributed by atoms with Crippen molar-refractivity contribution in [2.75, 3.05) is 13.7 Å². The third-order valence-electron chi connectivity index (χ3n) is 4.32. The zero-order valence-corrected chi connectivity index (χ0v) is 15.5. The quantitative estimate of drug-likeness (QED) is 0.556. The maximum absolute atomic E-state index is 9.32. The molecule has 27 heavy (non-hydrogen) atoms. The summed E-state index contributed by atoms with van der Waals surface area (Å²) >= 11 is 0. The van der Waals surface area contributed by atoms with Crippen molar-refractivity contribution >= 4 is 0 Å². The number of ether oxygens (including phenoxy) is 2. The molecule has 4 nitrogen and oxygen atoms in total. The molecule has 0 saturated carbocycles. The first-order valence-corrected chi connectivity index (χ1v) is 9.07. The minimum absolute atomic E-state index is 0.299. The van der Waals surface area contributed by atoms with Crippen LogP contribution in [-0.2, 0) is 19.6 Å². The molecule has 0 aliphatic carbocycles. The van der Waals surface area contributed by atoms with Gasteiger partial charge in [-0.25, -0.2) is 0 Å². The molecule has 3 rings (SSSR count). The van der Waals surface area contributed by atoms with E-state index in [2.05, 4.69) is 5.32 Å². The Morgan fingerprint density at radius 3 is 2.30 bits per heavy atom. The van der Waals surface area contributed by atoms with Crippen LogP contribution in [0.5, 0.6) is 17.2 Å². The van der Waals surface area contributed by atoms with E-state index >= 15 is 0 Å². The highest BCUT2D eigenvalue weighted by atomic mass is 16.5. The molecule has 0 spiro atoms. The van der Waals surface area contributed by atoms with E-state index in [0.29, 0.717) is 12.4 Å². The van der Waals surface area contributed by atoms with E-state index in [1.807, 2.05) is 60.7 Å². The second kappa shape index (κ2) is 9.64. The van der Waals surface area contributed by atoms with Gasteiger partial charge in [0, 0.05) is 6.54 Å². The summed E-state index contributed by atoms with van der Waals surface area (Å²) in [6, 6.07) is 23.4. The summed E-state index contributed by atoms with van der Waals surface area (Å²) in [7, 11) is 1.65. The first-order valence-electron chi connectivity index (χ1n) is 9.07. The molecular formula is C23H25NO3. The average molecular weight is 363 g/mol. The van der Waals surface area contributed by atoms with Crippen LogP contribution in [0.2, 0.25) is 0 Å². The van der Waals surface area contributed by atoms with Gasteiger partial charge in [0.25, 0.3) is 0 Å². The average Bonchev–Trinajstić information content (AvgIpc) is 2.72. The van der Waals surface area contributed by atoms with Crippen LogP contribution in [0.4, 0.5) is 0 Å². The Morgan fingerprint density at radius 1 is 0.815 bits per heavy atom. The fraction of sp³-hybridized carbons (Fsp3) is 0.217. The highest BCUT2D eigenvalue weighted by Crippen LogP contribution is 2.28. The van der Waals surface area contributed by atoms with Crippen molar-refractivity contribution < 1.29 is 14.6 Å². The zero-order chi connectivity index (χ0) is 18.9. The van der Waals surface area contributed by atoms with Crippen molar-refractivity contribution in [2.45, 2.75) is 19.6 Å². The lowest BCUT2D eigenvalue weighted by atomic mass is 10.1. The minimum atomic E-state index is 0.299. The number of nitrogens with one attached hydrogen (secondary N) is 1. The van der Waals surface area contributed by atoms with Crippen LogP contribution >= 0.6 is 0 Å². The molecule has 0 amide bonds. The number of phenols is 1. The van der Waals surface area contributed by atoms with Gasteiger partial charge in [-0.2, -0.15) is 0 Å². The Hall–Kier alpha value is -2.98. The zero-order valence-electron chi connectivity index (χ0n) is 15.5. The number of aromatic hydroxyl groups is 1. The van der Waals surface area contributed by atoms with Gasteiger partial charge >= 0.3 is 0 Å². The van der Waals surface area contributed by atoms with Gasteiger partial charge in [0.15, 0.2) is 11.5 Å². The number of phenolic OH excluding ortho intramolecular Hbond substituents is 1. The van der Waals surface area contributed by atoms with Gasteiger partial charge in [0.05, 0.1) is 7.11 Å². The molecule has 0 radical (unpaired) electrons. The number of rotatable bonds is 9. The Kier molecular flexibility index (Phi) is 6.72. The maximum Gasteiger partial charge on any atom is 0.161 e. The van der Waals surface area contributed by atoms with E-state index in [1.165, 1.54) is 5.56 Å². The Bertz CT molecular complexity index is 832. The van der Waals surface area contributed by atoms with Crippen molar-refractivity contribution in [3.05, 3.63) is 89.5 Å². The second-order valence-electron chi connectivity index (χ2n) is 6.35. The maximum atomic E-state index is 9.32. The second-order valence-corrected chi connectivity index (χ2v) is 6.35. The topological polar surface area (TPSA) is 50.7 Å². The van der Waals surface area contributed by atoms with E-state index in [0.717, 1.165) is 42.1 Å². The molecule has 3 aromatic rings. The van der Waals surface area contributed by atoms with Crippen molar-refractivity contribution in [1.29, 1.82) is 0 Å². The number of hydrogen-bond donors (Lipinski definition) is 2. The van der Waals surface area contributed by atoms with Gasteiger partial charge in [0.1, 0.15) is 12.4 Å². The number of hydrogen-bond acceptors (Lipinski definition) is 4. The summed E-state index contributed by atoms with van der Waals surface area (Å²) in [5, 5.41) is 12.8. The molecule has 0 bridgehead atoms. The molecule has 0 saturated heterocycles. The lowest BCUT2D eigenvalue weighted by Gasteiger charge is -2.13. The standard InChI is InChI=1S/C23H25NO3/c1-26-22-12-9-20(15-23(22)27-17-19-5-3-2-4-6-19)16-24-14-13-18-7-10-21(25)11-8-18/h2-12,15,24-25H,13-14,16-17H2,1H3. The van der Waals surface area contributed by atoms with E-state index in [9.17, 15) is 5.11 Å². The lowest BCUT2D eigenvalue weighted by molar-refractivity contribution is 0.284. The lowest BCUT2D eigenvalue weighted by Crippen LogP contribution is -2.16. The Balaban J connectivity index is 1.53. The normalized spacial score (nSPS) is 10.6. The highest BCUT2D eigenvalue weighted by molar-refractivity contribution is 5.43. The van der Waals surface area contributed by atoms with E-state index in [-0.39, 0.29) is 0 Å². The monoisotopic (exact) mass is 363 g/mol. The Morgan fingerprint density at radius 2 is 1.56 bits per heavy atom. The first kappa shape index (κ1) is 18.8. The fourth-order valence-electron chi connectivity index (χ4n) is 2.81. The van der Waals surface area contributed by atoms with Gasteiger partial charge in [-0.05, 0) is 53.9 Å². The van der Waals surface area contributed by atoms with Crippen molar-refractivity contribution in [3.8, 4) is 17.2 Å². The van der Waals surface area contributed by atoms with Gasteiger partial charge in [-0.15, -0.1) is 0 Å². The summed E-state index contributed by atoms with van der Waals surface area (Å²) in [6.45, 7) is 2.12. The van der Waals surface area contributed by atoms with Crippen molar-refractivity contribution in [2.24, 2.45) is 0 Å². The van der Waals surface area contributed by atoms with Gasteiger partial charge in [-0.1, -0.05) is 48.5 Å². The third-order valence-corrected chi connectivity index (χ3v) is 4.32. The predicted molar refractivity (Wildman–Crippen MR) is 107 cm³/mol. The van der Waals surface area contributed by atoms with E-state index < -0.39 is 0 Å². The SMILES string of the molecule is COc1ccc(CNCCc2ccc(O)cc2)cc1OCc1ccccc1. The van der Waals surface area contributed by atoms with Crippen LogP contribution in [0.15, 0.2) is 72.8 Å². The fourth-order valence-corrected chi connectivity index (χ4v) is 2.81. The summed E-state index contributed by atoms with van der Waals surface area (Å²) in [5.41, 5.74) is 3.46. The molecule has 2 N–H and O–H groups in total. The minimum Gasteiger partial charge on any atom is -0.508 e. The van der Waals surface area contributed by atoms with Crippen molar-refractivity contribution in [3.63, 3.8) is 0 Å². The number of methoxy groups -OCH3 is 1. The third kappa shape index (κ3) is 5.76. The predicted octanol–water partition coefficient (Wildman–Crippen LogP) is 4.31. The molecule has 140 valence electrons. The molecule has 0 heterocycles. The molecule has 0 aliphatic heterocycles. The van der Waals surface area contributed by atoms with Gasteiger partial charge in [-0.3, -0.25) is 0 Å². The molecular weight excluding hydrogens is 338 g/mol. The summed E-state index contributed by atoms with van der Waals surface area (Å²) < 4.78 is 11.4. The molecule has 0 aromatic heterocycles. The summed E-state index contributed by atoms with van der Waals surface area (Å²) in [6.07, 6.45) is 0.911. The van der Waals surface area contributed by atoms with Gasteiger partial charge < -0.3 is 19.9 Å². The van der Waals surface area contributed by atoms with Crippen LogP contribution in [-0.4, -0.2) is 18.8 Å². The molecule has 4 heteroatoms. The molecule has 0 aliphatic rings. The number of benzene rings is 3. The molecule has 0 atom stereocenters. The molecule has 3 aromatic carbocycles. The largest absolute Gasteiger partial charge is 0.508 e. The Labute approximate surface area is 160 Å². The summed E-state index contributed by atoms with van der Waals surface area (Å²) in [5.74, 6) is 1.78. The van der Waals surface area contributed by atoms with Crippen molar-refractivity contribution in [1.82, 2.24) is 5.32 Å². The molecule has 0 fully saturated rings. The van der Waals surface area contributed by atoms with Crippen LogP contribution < -0.4 is 14.8 Å². The molecule has 0 unspecified atom stereocenters. The van der Waals surface area contributed by atoms with Crippen LogP contribution in [0, 0.1) is 0 Å². The highest BCUT2D eigenvalue weighted by Gasteiger charge is 2.06. The van der Waals surface area contributed by atoms with E-state index in [1.54, 1.807) is 19.2 Å². The van der Waals surface area contributed by atoms with Crippen LogP contribution in [0.1, 0.15) is 16.7 Å². The van der Waals surface area contributed by atoms with Gasteiger partial charge in [0.2, 0.25) is 0 Å². The first-order chi connectivity index (χ1) is 13.2. The summed E-state index contributed by atoms with van der Waals surface area (Å²) in [4.78, 5) is 0. The van der Waals surface area contributed by atoms with Crippen LogP contribution in [0.25, 0.3) is 0 Å². The van der Waals surface area contributed by atoms with Crippen LogP contribution in [0.3, 0.4) is 0 Å². The van der Waals surface area contributed by atoms with E-state index in [4.69, 9.17) is 9.47 Å². The smallest absolute Gasteiger partial charge is 0.161 e.